The summed E-state index contributed by atoms with van der Waals surface area (Å²) in [7, 11) is 0. The second-order valence-electron chi connectivity index (χ2n) is 7.40. The van der Waals surface area contributed by atoms with Crippen molar-refractivity contribution in [2.45, 2.75) is 90.4 Å². The van der Waals surface area contributed by atoms with Crippen molar-refractivity contribution in [1.82, 2.24) is 5.32 Å². The number of rotatable bonds is 6. The van der Waals surface area contributed by atoms with E-state index in [1.54, 1.807) is 0 Å². The third-order valence-corrected chi connectivity index (χ3v) is 5.36. The maximum absolute atomic E-state index is 6.58. The molecule has 2 heteroatoms. The van der Waals surface area contributed by atoms with Crippen LogP contribution in [0, 0.1) is 11.8 Å². The van der Waals surface area contributed by atoms with E-state index in [0.29, 0.717) is 12.1 Å². The van der Waals surface area contributed by atoms with E-state index in [0.717, 1.165) is 18.4 Å². The molecule has 0 radical (unpaired) electrons. The average molecular weight is 267 g/mol. The normalized spacial score (nSPS) is 34.3. The molecule has 0 amide bonds. The Hall–Kier alpha value is -0.0800. The minimum Gasteiger partial charge on any atom is -0.372 e. The Morgan fingerprint density at radius 3 is 2.42 bits per heavy atom. The van der Waals surface area contributed by atoms with E-state index >= 15 is 0 Å². The molecule has 3 unspecified atom stereocenters. The molecule has 112 valence electrons. The van der Waals surface area contributed by atoms with Gasteiger partial charge in [-0.05, 0) is 63.3 Å². The minimum atomic E-state index is 0.229. The number of hydrogen-bond donors (Lipinski definition) is 1. The van der Waals surface area contributed by atoms with Crippen LogP contribution in [-0.2, 0) is 4.74 Å². The summed E-state index contributed by atoms with van der Waals surface area (Å²) < 4.78 is 6.58. The van der Waals surface area contributed by atoms with E-state index < -0.39 is 0 Å². The maximum atomic E-state index is 6.58. The highest BCUT2D eigenvalue weighted by molar-refractivity contribution is 4.92. The van der Waals surface area contributed by atoms with Gasteiger partial charge in [0.05, 0.1) is 11.7 Å². The Morgan fingerprint density at radius 2 is 1.89 bits per heavy atom. The first kappa shape index (κ1) is 15.3. The van der Waals surface area contributed by atoms with Crippen LogP contribution < -0.4 is 5.32 Å². The summed E-state index contributed by atoms with van der Waals surface area (Å²) in [4.78, 5) is 0. The lowest BCUT2D eigenvalue weighted by molar-refractivity contribution is -0.158. The second kappa shape index (κ2) is 6.58. The molecule has 1 N–H and O–H groups in total. The zero-order chi connectivity index (χ0) is 13.9. The third-order valence-electron chi connectivity index (χ3n) is 5.36. The van der Waals surface area contributed by atoms with Gasteiger partial charge in [-0.25, -0.2) is 0 Å². The predicted molar refractivity (Wildman–Crippen MR) is 81.4 cm³/mol. The van der Waals surface area contributed by atoms with E-state index in [2.05, 4.69) is 33.0 Å². The van der Waals surface area contributed by atoms with Gasteiger partial charge < -0.3 is 10.1 Å². The molecule has 0 aromatic rings. The van der Waals surface area contributed by atoms with Gasteiger partial charge in [0, 0.05) is 6.04 Å². The summed E-state index contributed by atoms with van der Waals surface area (Å²) in [6, 6.07) is 0.590. The molecule has 2 saturated carbocycles. The van der Waals surface area contributed by atoms with Crippen LogP contribution in [0.5, 0.6) is 0 Å². The molecule has 19 heavy (non-hydrogen) atoms. The summed E-state index contributed by atoms with van der Waals surface area (Å²) in [5.41, 5.74) is 0.229. The lowest BCUT2D eigenvalue weighted by Gasteiger charge is -2.46. The smallest absolute Gasteiger partial charge is 0.0698 e. The van der Waals surface area contributed by atoms with Crippen molar-refractivity contribution in [3.05, 3.63) is 0 Å². The van der Waals surface area contributed by atoms with E-state index in [4.69, 9.17) is 4.74 Å². The first-order valence-corrected chi connectivity index (χ1v) is 8.42. The molecule has 0 aromatic carbocycles. The molecule has 0 saturated heterocycles. The van der Waals surface area contributed by atoms with Gasteiger partial charge in [0.1, 0.15) is 0 Å². The Kier molecular flexibility index (Phi) is 5.30. The Bertz CT molecular complexity index is 272. The van der Waals surface area contributed by atoms with Crippen molar-refractivity contribution in [2.24, 2.45) is 11.8 Å². The van der Waals surface area contributed by atoms with Crippen LogP contribution >= 0.6 is 0 Å². The van der Waals surface area contributed by atoms with Gasteiger partial charge in [0.25, 0.3) is 0 Å². The van der Waals surface area contributed by atoms with Gasteiger partial charge in [0.2, 0.25) is 0 Å². The van der Waals surface area contributed by atoms with Gasteiger partial charge in [-0.2, -0.15) is 0 Å². The van der Waals surface area contributed by atoms with Crippen LogP contribution in [-0.4, -0.2) is 24.3 Å². The zero-order valence-electron chi connectivity index (χ0n) is 13.4. The number of hydrogen-bond acceptors (Lipinski definition) is 2. The van der Waals surface area contributed by atoms with Crippen molar-refractivity contribution in [3.63, 3.8) is 0 Å². The fourth-order valence-electron chi connectivity index (χ4n) is 3.55. The number of ether oxygens (including phenoxy) is 1. The lowest BCUT2D eigenvalue weighted by Crippen LogP contribution is -2.46. The minimum absolute atomic E-state index is 0.229. The Labute approximate surface area is 119 Å². The lowest BCUT2D eigenvalue weighted by atomic mass is 9.75. The van der Waals surface area contributed by atoms with Crippen LogP contribution in [0.3, 0.4) is 0 Å². The molecule has 0 spiro atoms. The largest absolute Gasteiger partial charge is 0.372 e. The molecule has 2 nitrogen and oxygen atoms in total. The van der Waals surface area contributed by atoms with E-state index in [1.165, 1.54) is 44.9 Å². The molecule has 3 atom stereocenters. The van der Waals surface area contributed by atoms with Crippen LogP contribution in [0.1, 0.15) is 72.6 Å². The van der Waals surface area contributed by atoms with Crippen molar-refractivity contribution >= 4 is 0 Å². The van der Waals surface area contributed by atoms with Crippen LogP contribution in [0.15, 0.2) is 0 Å². The SMILES string of the molecule is CC(C)NCCC1(OC2CCC(C)C(C)C2)CCC1. The fourth-order valence-corrected chi connectivity index (χ4v) is 3.55. The quantitative estimate of drug-likeness (QED) is 0.781. The van der Waals surface area contributed by atoms with Crippen molar-refractivity contribution in [2.75, 3.05) is 6.54 Å². The van der Waals surface area contributed by atoms with Crippen molar-refractivity contribution in [1.29, 1.82) is 0 Å². The van der Waals surface area contributed by atoms with Crippen LogP contribution in [0.2, 0.25) is 0 Å². The molecule has 0 heterocycles. The van der Waals surface area contributed by atoms with Gasteiger partial charge >= 0.3 is 0 Å². The number of nitrogens with one attached hydrogen (secondary N) is 1. The summed E-state index contributed by atoms with van der Waals surface area (Å²) >= 11 is 0. The predicted octanol–water partition coefficient (Wildman–Crippen LogP) is 4.14. The first-order valence-electron chi connectivity index (χ1n) is 8.42. The summed E-state index contributed by atoms with van der Waals surface area (Å²) in [6.45, 7) is 10.3. The molecular formula is C17H33NO. The summed E-state index contributed by atoms with van der Waals surface area (Å²) in [6.07, 6.45) is 9.58. The van der Waals surface area contributed by atoms with Gasteiger partial charge in [0.15, 0.2) is 0 Å². The molecule has 2 aliphatic carbocycles. The molecule has 2 fully saturated rings. The maximum Gasteiger partial charge on any atom is 0.0698 e. The monoisotopic (exact) mass is 267 g/mol. The molecule has 2 aliphatic rings. The first-order chi connectivity index (χ1) is 9.01. The average Bonchev–Trinajstić information content (AvgIpc) is 2.30. The van der Waals surface area contributed by atoms with Crippen molar-refractivity contribution in [3.8, 4) is 0 Å². The highest BCUT2D eigenvalue weighted by Crippen LogP contribution is 2.42. The van der Waals surface area contributed by atoms with Gasteiger partial charge in [-0.3, -0.25) is 0 Å². The second-order valence-corrected chi connectivity index (χ2v) is 7.40. The van der Waals surface area contributed by atoms with E-state index in [9.17, 15) is 0 Å². The third kappa shape index (κ3) is 4.19. The Balaban J connectivity index is 1.78. The molecular weight excluding hydrogens is 234 g/mol. The van der Waals surface area contributed by atoms with Gasteiger partial charge in [-0.1, -0.05) is 27.7 Å². The topological polar surface area (TPSA) is 21.3 Å². The van der Waals surface area contributed by atoms with Gasteiger partial charge in [-0.15, -0.1) is 0 Å². The molecule has 0 bridgehead atoms. The highest BCUT2D eigenvalue weighted by atomic mass is 16.5. The summed E-state index contributed by atoms with van der Waals surface area (Å²) in [5, 5.41) is 3.54. The molecule has 2 rings (SSSR count). The molecule has 0 aromatic heterocycles. The standard InChI is InChI=1S/C17H33NO/c1-13(2)18-11-10-17(8-5-9-17)19-16-7-6-14(3)15(4)12-16/h13-16,18H,5-12H2,1-4H3. The highest BCUT2D eigenvalue weighted by Gasteiger charge is 2.40. The molecule has 0 aliphatic heterocycles. The van der Waals surface area contributed by atoms with E-state index in [1.807, 2.05) is 0 Å². The fraction of sp³-hybridized carbons (Fsp3) is 1.00. The summed E-state index contributed by atoms with van der Waals surface area (Å²) in [5.74, 6) is 1.73. The van der Waals surface area contributed by atoms with Crippen LogP contribution in [0.25, 0.3) is 0 Å². The Morgan fingerprint density at radius 1 is 1.16 bits per heavy atom. The van der Waals surface area contributed by atoms with Crippen LogP contribution in [0.4, 0.5) is 0 Å². The van der Waals surface area contributed by atoms with E-state index in [-0.39, 0.29) is 5.60 Å². The van der Waals surface area contributed by atoms with Crippen molar-refractivity contribution < 1.29 is 4.74 Å². The zero-order valence-corrected chi connectivity index (χ0v) is 13.4.